The number of fused-ring (bicyclic) bond motifs is 2. The number of carboxylic acid groups (broad SMARTS) is 1. The molecule has 0 amide bonds. The van der Waals surface area contributed by atoms with E-state index in [9.17, 15) is 14.7 Å². The van der Waals surface area contributed by atoms with E-state index in [1.54, 1.807) is 0 Å². The van der Waals surface area contributed by atoms with Gasteiger partial charge in [0.2, 0.25) is 0 Å². The zero-order valence-electron chi connectivity index (χ0n) is 14.9. The molecule has 132 valence electrons. The van der Waals surface area contributed by atoms with Gasteiger partial charge in [0, 0.05) is 17.8 Å². The average molecular weight is 332 g/mol. The fourth-order valence-electron chi connectivity index (χ4n) is 8.12. The molecule has 5 aliphatic rings. The number of Topliss-reactive ketones (excluding diaryl/α,β-unsaturated/α-hetero) is 1. The lowest BCUT2D eigenvalue weighted by Crippen LogP contribution is -2.63. The molecular formula is C20H28O4. The van der Waals surface area contributed by atoms with E-state index in [1.165, 1.54) is 0 Å². The lowest BCUT2D eigenvalue weighted by atomic mass is 9.40. The molecule has 8 atom stereocenters. The lowest BCUT2D eigenvalue weighted by Gasteiger charge is -2.63. The van der Waals surface area contributed by atoms with Crippen molar-refractivity contribution in [2.75, 3.05) is 0 Å². The Hall–Kier alpha value is -0.900. The number of aliphatic carboxylic acids is 1. The SMILES string of the molecule is CC12C[C@]34C[C@H]1C(C[C@H]3[C@]1(C)CCC[C@@](C)(C(=O)O)[C@H]1CC4=O)O2. The van der Waals surface area contributed by atoms with Crippen LogP contribution in [0.25, 0.3) is 0 Å². The van der Waals surface area contributed by atoms with Gasteiger partial charge < -0.3 is 9.84 Å². The number of hydrogen-bond acceptors (Lipinski definition) is 3. The zero-order valence-corrected chi connectivity index (χ0v) is 14.9. The summed E-state index contributed by atoms with van der Waals surface area (Å²) in [5, 5.41) is 9.93. The summed E-state index contributed by atoms with van der Waals surface area (Å²) >= 11 is 0. The Morgan fingerprint density at radius 2 is 1.96 bits per heavy atom. The summed E-state index contributed by atoms with van der Waals surface area (Å²) in [6.45, 7) is 6.38. The highest BCUT2D eigenvalue weighted by atomic mass is 16.5. The minimum Gasteiger partial charge on any atom is -0.481 e. The Morgan fingerprint density at radius 1 is 1.21 bits per heavy atom. The van der Waals surface area contributed by atoms with Crippen LogP contribution in [0.15, 0.2) is 0 Å². The first-order chi connectivity index (χ1) is 11.2. The fraction of sp³-hybridized carbons (Fsp3) is 0.900. The summed E-state index contributed by atoms with van der Waals surface area (Å²) < 4.78 is 6.23. The lowest BCUT2D eigenvalue weighted by molar-refractivity contribution is -0.248. The number of carbonyl (C=O) groups is 2. The molecule has 0 aromatic carbocycles. The van der Waals surface area contributed by atoms with Crippen molar-refractivity contribution < 1.29 is 19.4 Å². The highest BCUT2D eigenvalue weighted by Gasteiger charge is 2.76. The zero-order chi connectivity index (χ0) is 17.1. The second-order valence-electron chi connectivity index (χ2n) is 10.2. The Bertz CT molecular complexity index is 658. The Kier molecular flexibility index (Phi) is 2.61. The molecule has 4 nitrogen and oxygen atoms in total. The molecule has 1 aliphatic heterocycles. The first-order valence-corrected chi connectivity index (χ1v) is 9.60. The summed E-state index contributed by atoms with van der Waals surface area (Å²) in [6, 6.07) is 0. The van der Waals surface area contributed by atoms with Crippen LogP contribution in [0.1, 0.15) is 65.7 Å². The predicted molar refractivity (Wildman–Crippen MR) is 87.4 cm³/mol. The third kappa shape index (κ3) is 1.43. The molecule has 4 saturated carbocycles. The largest absolute Gasteiger partial charge is 0.481 e. The summed E-state index contributed by atoms with van der Waals surface area (Å²) in [4.78, 5) is 25.5. The van der Waals surface area contributed by atoms with Gasteiger partial charge in [-0.2, -0.15) is 0 Å². The van der Waals surface area contributed by atoms with E-state index in [0.29, 0.717) is 36.6 Å². The molecule has 24 heavy (non-hydrogen) atoms. The number of hydrogen-bond donors (Lipinski definition) is 1. The van der Waals surface area contributed by atoms with Crippen molar-refractivity contribution in [3.8, 4) is 0 Å². The molecule has 0 radical (unpaired) electrons. The van der Waals surface area contributed by atoms with Crippen LogP contribution in [0.2, 0.25) is 0 Å². The van der Waals surface area contributed by atoms with Gasteiger partial charge in [-0.1, -0.05) is 13.3 Å². The quantitative estimate of drug-likeness (QED) is 0.799. The number of ether oxygens (including phenoxy) is 1. The molecule has 2 unspecified atom stereocenters. The van der Waals surface area contributed by atoms with E-state index < -0.39 is 11.4 Å². The van der Waals surface area contributed by atoms with E-state index in [4.69, 9.17) is 4.74 Å². The molecule has 5 rings (SSSR count). The van der Waals surface area contributed by atoms with Crippen LogP contribution in [0.5, 0.6) is 0 Å². The van der Waals surface area contributed by atoms with Crippen molar-refractivity contribution in [3.05, 3.63) is 0 Å². The first-order valence-electron chi connectivity index (χ1n) is 9.60. The molecule has 2 bridgehead atoms. The Morgan fingerprint density at radius 3 is 2.67 bits per heavy atom. The van der Waals surface area contributed by atoms with Crippen LogP contribution >= 0.6 is 0 Å². The van der Waals surface area contributed by atoms with Crippen LogP contribution in [0.3, 0.4) is 0 Å². The van der Waals surface area contributed by atoms with Crippen molar-refractivity contribution in [2.24, 2.45) is 34.0 Å². The molecule has 4 aliphatic carbocycles. The highest BCUT2D eigenvalue weighted by molar-refractivity contribution is 5.89. The van der Waals surface area contributed by atoms with Crippen LogP contribution < -0.4 is 0 Å². The smallest absolute Gasteiger partial charge is 0.309 e. The van der Waals surface area contributed by atoms with Gasteiger partial charge in [-0.15, -0.1) is 0 Å². The van der Waals surface area contributed by atoms with Crippen LogP contribution in [-0.4, -0.2) is 28.6 Å². The second-order valence-corrected chi connectivity index (χ2v) is 10.2. The summed E-state index contributed by atoms with van der Waals surface area (Å²) in [6.07, 6.45) is 6.32. The monoisotopic (exact) mass is 332 g/mol. The minimum absolute atomic E-state index is 0.0264. The van der Waals surface area contributed by atoms with Crippen molar-refractivity contribution in [1.82, 2.24) is 0 Å². The van der Waals surface area contributed by atoms with Crippen molar-refractivity contribution in [2.45, 2.75) is 77.4 Å². The minimum atomic E-state index is -0.757. The third-order valence-corrected chi connectivity index (χ3v) is 9.25. The molecule has 1 spiro atoms. The van der Waals surface area contributed by atoms with Gasteiger partial charge in [0.25, 0.3) is 0 Å². The van der Waals surface area contributed by atoms with E-state index in [0.717, 1.165) is 32.1 Å². The van der Waals surface area contributed by atoms with Gasteiger partial charge >= 0.3 is 5.97 Å². The van der Waals surface area contributed by atoms with E-state index >= 15 is 0 Å². The maximum Gasteiger partial charge on any atom is 0.309 e. The van der Waals surface area contributed by atoms with Crippen molar-refractivity contribution in [3.63, 3.8) is 0 Å². The third-order valence-electron chi connectivity index (χ3n) is 9.25. The van der Waals surface area contributed by atoms with Gasteiger partial charge in [-0.25, -0.2) is 0 Å². The summed E-state index contributed by atoms with van der Waals surface area (Å²) in [7, 11) is 0. The Balaban J connectivity index is 1.63. The van der Waals surface area contributed by atoms with Crippen LogP contribution in [0, 0.1) is 34.0 Å². The van der Waals surface area contributed by atoms with Gasteiger partial charge in [0.15, 0.2) is 0 Å². The molecule has 0 aromatic rings. The summed E-state index contributed by atoms with van der Waals surface area (Å²) in [5.74, 6) is 0.464. The van der Waals surface area contributed by atoms with Crippen LogP contribution in [0.4, 0.5) is 0 Å². The van der Waals surface area contributed by atoms with Gasteiger partial charge in [-0.05, 0) is 63.2 Å². The number of rotatable bonds is 1. The molecule has 1 N–H and O–H groups in total. The van der Waals surface area contributed by atoms with Gasteiger partial charge in [-0.3, -0.25) is 9.59 Å². The highest BCUT2D eigenvalue weighted by Crippen LogP contribution is 2.75. The first kappa shape index (κ1) is 15.4. The normalized spacial score (nSPS) is 60.9. The van der Waals surface area contributed by atoms with E-state index in [-0.39, 0.29) is 22.3 Å². The molecule has 5 fully saturated rings. The number of ketones is 1. The maximum atomic E-state index is 13.4. The summed E-state index contributed by atoms with van der Waals surface area (Å²) in [5.41, 5.74) is -1.12. The average Bonchev–Trinajstić information content (AvgIpc) is 2.61. The molecule has 1 saturated heterocycles. The fourth-order valence-corrected chi connectivity index (χ4v) is 8.12. The number of carboxylic acids is 1. The second kappa shape index (κ2) is 4.08. The topological polar surface area (TPSA) is 63.6 Å². The Labute approximate surface area is 143 Å². The maximum absolute atomic E-state index is 13.4. The molecular weight excluding hydrogens is 304 g/mol. The predicted octanol–water partition coefficient (Wildman–Crippen LogP) is 3.43. The van der Waals surface area contributed by atoms with E-state index in [2.05, 4.69) is 13.8 Å². The van der Waals surface area contributed by atoms with Gasteiger partial charge in [0.1, 0.15) is 5.78 Å². The van der Waals surface area contributed by atoms with E-state index in [1.807, 2.05) is 6.92 Å². The standard InChI is InChI=1S/C20H28O4/c1-17-5-4-6-18(2,16(22)23)13(17)8-15(21)20-9-11-12(7-14(17)20)24-19(11,3)10-20/h11-14H,4-10H2,1-3H3,(H,22,23)/t11-,12?,13-,14-,17+,18+,19?,20+/m0/s1. The van der Waals surface area contributed by atoms with Crippen LogP contribution in [-0.2, 0) is 14.3 Å². The molecule has 4 heteroatoms. The number of carbonyl (C=O) groups excluding carboxylic acids is 1. The molecule has 1 heterocycles. The van der Waals surface area contributed by atoms with Crippen molar-refractivity contribution in [1.29, 1.82) is 0 Å². The van der Waals surface area contributed by atoms with Crippen molar-refractivity contribution >= 4 is 11.8 Å². The molecule has 0 aromatic heterocycles. The van der Waals surface area contributed by atoms with Gasteiger partial charge in [0.05, 0.1) is 17.1 Å².